The number of nitrogens with zero attached hydrogens (tertiary/aromatic N) is 3. The molecule has 0 fully saturated rings. The summed E-state index contributed by atoms with van der Waals surface area (Å²) in [6.45, 7) is 4.74. The lowest BCUT2D eigenvalue weighted by molar-refractivity contribution is -0.119. The molecule has 28 heavy (non-hydrogen) atoms. The Kier molecular flexibility index (Phi) is 6.71. The summed E-state index contributed by atoms with van der Waals surface area (Å²) in [5.41, 5.74) is 2.04. The van der Waals surface area contributed by atoms with E-state index in [4.69, 9.17) is 4.74 Å². The zero-order chi connectivity index (χ0) is 19.9. The minimum Gasteiger partial charge on any atom is -0.497 e. The van der Waals surface area contributed by atoms with Gasteiger partial charge in [-0.2, -0.15) is 0 Å². The molecule has 6 nitrogen and oxygen atoms in total. The van der Waals surface area contributed by atoms with E-state index in [0.717, 1.165) is 34.4 Å². The van der Waals surface area contributed by atoms with Gasteiger partial charge in [0.1, 0.15) is 5.75 Å². The van der Waals surface area contributed by atoms with Crippen molar-refractivity contribution in [1.29, 1.82) is 0 Å². The van der Waals surface area contributed by atoms with Crippen LogP contribution in [0.5, 0.6) is 5.75 Å². The van der Waals surface area contributed by atoms with E-state index in [0.29, 0.717) is 0 Å². The van der Waals surface area contributed by atoms with Crippen molar-refractivity contribution >= 4 is 17.7 Å². The summed E-state index contributed by atoms with van der Waals surface area (Å²) in [6, 6.07) is 17.6. The summed E-state index contributed by atoms with van der Waals surface area (Å²) in [7, 11) is 1.64. The van der Waals surface area contributed by atoms with E-state index in [1.165, 1.54) is 11.8 Å². The molecule has 1 heterocycles. The second-order valence-corrected chi connectivity index (χ2v) is 7.21. The molecule has 146 valence electrons. The molecule has 1 amide bonds. The Bertz CT molecular complexity index is 910. The van der Waals surface area contributed by atoms with Gasteiger partial charge >= 0.3 is 0 Å². The van der Waals surface area contributed by atoms with Gasteiger partial charge in [-0.05, 0) is 43.7 Å². The van der Waals surface area contributed by atoms with Crippen LogP contribution in [0, 0.1) is 0 Å². The van der Waals surface area contributed by atoms with Crippen molar-refractivity contribution in [3.05, 3.63) is 60.2 Å². The minimum absolute atomic E-state index is 0.0296. The van der Waals surface area contributed by atoms with Gasteiger partial charge in [-0.25, -0.2) is 0 Å². The monoisotopic (exact) mass is 396 g/mol. The standard InChI is InChI=1S/C21H24N4O2S/c1-4-25-20(17-10-12-18(27-3)13-11-17)23-24-21(25)28-14-19(26)22-15(2)16-8-6-5-7-9-16/h5-13,15H,4,14H2,1-3H3,(H,22,26)/t15-/m1/s1. The average Bonchev–Trinajstić information content (AvgIpc) is 3.15. The summed E-state index contributed by atoms with van der Waals surface area (Å²) in [4.78, 5) is 12.3. The molecule has 0 saturated heterocycles. The topological polar surface area (TPSA) is 69.0 Å². The maximum absolute atomic E-state index is 12.3. The minimum atomic E-state index is -0.0341. The Labute approximate surface area is 169 Å². The third-order valence-electron chi connectivity index (χ3n) is 4.39. The van der Waals surface area contributed by atoms with E-state index in [1.54, 1.807) is 7.11 Å². The molecule has 0 spiro atoms. The van der Waals surface area contributed by atoms with E-state index in [2.05, 4.69) is 15.5 Å². The van der Waals surface area contributed by atoms with Gasteiger partial charge in [0.05, 0.1) is 18.9 Å². The van der Waals surface area contributed by atoms with E-state index < -0.39 is 0 Å². The fourth-order valence-corrected chi connectivity index (χ4v) is 3.69. The summed E-state index contributed by atoms with van der Waals surface area (Å²) in [6.07, 6.45) is 0. The first-order chi connectivity index (χ1) is 13.6. The number of carbonyl (C=O) groups is 1. The largest absolute Gasteiger partial charge is 0.497 e. The summed E-state index contributed by atoms with van der Waals surface area (Å²) in [5, 5.41) is 12.4. The summed E-state index contributed by atoms with van der Waals surface area (Å²) < 4.78 is 7.22. The fraction of sp³-hybridized carbons (Fsp3) is 0.286. The van der Waals surface area contributed by atoms with E-state index in [1.807, 2.05) is 73.0 Å². The number of ether oxygens (including phenoxy) is 1. The number of nitrogens with one attached hydrogen (secondary N) is 1. The SMILES string of the molecule is CCn1c(SCC(=O)N[C@H](C)c2ccccc2)nnc1-c1ccc(OC)cc1. The Hall–Kier alpha value is -2.80. The lowest BCUT2D eigenvalue weighted by Crippen LogP contribution is -2.28. The van der Waals surface area contributed by atoms with Gasteiger partial charge in [0, 0.05) is 12.1 Å². The third-order valence-corrected chi connectivity index (χ3v) is 5.36. The Morgan fingerprint density at radius 2 is 1.86 bits per heavy atom. The van der Waals surface area contributed by atoms with Crippen LogP contribution in [0.1, 0.15) is 25.5 Å². The van der Waals surface area contributed by atoms with Crippen LogP contribution in [0.25, 0.3) is 11.4 Å². The van der Waals surface area contributed by atoms with Crippen molar-refractivity contribution in [3.63, 3.8) is 0 Å². The van der Waals surface area contributed by atoms with Gasteiger partial charge in [0.15, 0.2) is 11.0 Å². The maximum atomic E-state index is 12.3. The molecule has 0 saturated carbocycles. The van der Waals surface area contributed by atoms with Gasteiger partial charge in [-0.1, -0.05) is 42.1 Å². The Balaban J connectivity index is 1.64. The fourth-order valence-electron chi connectivity index (χ4n) is 2.87. The van der Waals surface area contributed by atoms with Crippen LogP contribution < -0.4 is 10.1 Å². The number of aromatic nitrogens is 3. The highest BCUT2D eigenvalue weighted by Gasteiger charge is 2.16. The molecular weight excluding hydrogens is 372 g/mol. The molecule has 2 aromatic carbocycles. The number of thioether (sulfide) groups is 1. The number of methoxy groups -OCH3 is 1. The van der Waals surface area contributed by atoms with Crippen molar-refractivity contribution in [2.75, 3.05) is 12.9 Å². The molecule has 0 radical (unpaired) electrons. The van der Waals surface area contributed by atoms with E-state index in [-0.39, 0.29) is 17.7 Å². The quantitative estimate of drug-likeness (QED) is 0.584. The van der Waals surface area contributed by atoms with Gasteiger partial charge in [0.2, 0.25) is 5.91 Å². The molecule has 0 aliphatic heterocycles. The number of rotatable bonds is 8. The molecule has 0 bridgehead atoms. The predicted molar refractivity (Wildman–Crippen MR) is 111 cm³/mol. The second-order valence-electron chi connectivity index (χ2n) is 6.27. The summed E-state index contributed by atoms with van der Waals surface area (Å²) >= 11 is 1.39. The van der Waals surface area contributed by atoms with Crippen LogP contribution in [0.3, 0.4) is 0 Å². The summed E-state index contributed by atoms with van der Waals surface area (Å²) in [5.74, 6) is 1.84. The maximum Gasteiger partial charge on any atom is 0.230 e. The number of carbonyl (C=O) groups excluding carboxylic acids is 1. The third kappa shape index (κ3) is 4.72. The van der Waals surface area contributed by atoms with Gasteiger partial charge < -0.3 is 14.6 Å². The normalized spacial score (nSPS) is 11.8. The smallest absolute Gasteiger partial charge is 0.230 e. The molecule has 3 aromatic rings. The van der Waals surface area contributed by atoms with E-state index in [9.17, 15) is 4.79 Å². The number of benzene rings is 2. The highest BCUT2D eigenvalue weighted by Crippen LogP contribution is 2.25. The Morgan fingerprint density at radius 3 is 2.50 bits per heavy atom. The number of hydrogen-bond donors (Lipinski definition) is 1. The molecule has 0 aliphatic carbocycles. The number of amides is 1. The molecule has 7 heteroatoms. The van der Waals surface area contributed by atoms with Crippen LogP contribution >= 0.6 is 11.8 Å². The van der Waals surface area contributed by atoms with Crippen molar-refractivity contribution in [2.24, 2.45) is 0 Å². The van der Waals surface area contributed by atoms with E-state index >= 15 is 0 Å². The molecule has 0 unspecified atom stereocenters. The molecule has 1 N–H and O–H groups in total. The van der Waals surface area contributed by atoms with Crippen molar-refractivity contribution in [3.8, 4) is 17.1 Å². The second kappa shape index (κ2) is 9.41. The molecule has 0 aliphatic rings. The highest BCUT2D eigenvalue weighted by atomic mass is 32.2. The first-order valence-corrected chi connectivity index (χ1v) is 10.2. The lowest BCUT2D eigenvalue weighted by atomic mass is 10.1. The highest BCUT2D eigenvalue weighted by molar-refractivity contribution is 7.99. The zero-order valence-electron chi connectivity index (χ0n) is 16.3. The molecule has 3 rings (SSSR count). The van der Waals surface area contributed by atoms with Gasteiger partial charge in [-0.3, -0.25) is 4.79 Å². The molecular formula is C21H24N4O2S. The predicted octanol–water partition coefficient (Wildman–Crippen LogP) is 3.94. The van der Waals surface area contributed by atoms with Crippen LogP contribution in [0.15, 0.2) is 59.8 Å². The van der Waals surface area contributed by atoms with Gasteiger partial charge in [0.25, 0.3) is 0 Å². The van der Waals surface area contributed by atoms with Gasteiger partial charge in [-0.15, -0.1) is 10.2 Å². The number of hydrogen-bond acceptors (Lipinski definition) is 5. The van der Waals surface area contributed by atoms with Crippen molar-refractivity contribution in [2.45, 2.75) is 31.6 Å². The molecule has 1 atom stereocenters. The molecule has 1 aromatic heterocycles. The van der Waals surface area contributed by atoms with Crippen LogP contribution in [0.4, 0.5) is 0 Å². The van der Waals surface area contributed by atoms with Crippen LogP contribution in [-0.2, 0) is 11.3 Å². The van der Waals surface area contributed by atoms with Crippen LogP contribution in [-0.4, -0.2) is 33.5 Å². The zero-order valence-corrected chi connectivity index (χ0v) is 17.1. The van der Waals surface area contributed by atoms with Crippen molar-refractivity contribution in [1.82, 2.24) is 20.1 Å². The van der Waals surface area contributed by atoms with Crippen molar-refractivity contribution < 1.29 is 9.53 Å². The lowest BCUT2D eigenvalue weighted by Gasteiger charge is -2.14. The average molecular weight is 397 g/mol. The first kappa shape index (κ1) is 19.9. The Morgan fingerprint density at radius 1 is 1.14 bits per heavy atom. The first-order valence-electron chi connectivity index (χ1n) is 9.17. The van der Waals surface area contributed by atoms with Crippen LogP contribution in [0.2, 0.25) is 0 Å².